The summed E-state index contributed by atoms with van der Waals surface area (Å²) in [5, 5.41) is 13.1. The Balaban J connectivity index is 1.16. The molecule has 2 heterocycles. The minimum absolute atomic E-state index is 0.111. The van der Waals surface area contributed by atoms with Gasteiger partial charge in [0, 0.05) is 51.9 Å². The molecule has 0 aliphatic carbocycles. The minimum atomic E-state index is -0.560. The van der Waals surface area contributed by atoms with E-state index in [-0.39, 0.29) is 12.5 Å². The Morgan fingerprint density at radius 2 is 1.77 bits per heavy atom. The van der Waals surface area contributed by atoms with Gasteiger partial charge in [-0.1, -0.05) is 6.07 Å². The van der Waals surface area contributed by atoms with Crippen LogP contribution in [-0.4, -0.2) is 73.0 Å². The molecule has 0 spiro atoms. The molecule has 0 radical (unpaired) electrons. The molecule has 0 aromatic heterocycles. The molecule has 2 N–H and O–H groups in total. The summed E-state index contributed by atoms with van der Waals surface area (Å²) in [6.45, 7) is 7.19. The van der Waals surface area contributed by atoms with Gasteiger partial charge in [0.15, 0.2) is 11.5 Å². The third-order valence-corrected chi connectivity index (χ3v) is 5.39. The average molecular weight is 428 g/mol. The first-order chi connectivity index (χ1) is 15.0. The Morgan fingerprint density at radius 3 is 2.52 bits per heavy atom. The van der Waals surface area contributed by atoms with E-state index in [1.165, 1.54) is 12.5 Å². The maximum absolute atomic E-state index is 11.1. The highest BCUT2D eigenvalue weighted by molar-refractivity contribution is 5.88. The van der Waals surface area contributed by atoms with Crippen molar-refractivity contribution in [2.75, 3.05) is 51.4 Å². The molecule has 1 amide bonds. The summed E-state index contributed by atoms with van der Waals surface area (Å²) in [5.41, 5.74) is 1.94. The first-order valence-electron chi connectivity index (χ1n) is 10.6. The highest BCUT2D eigenvalue weighted by Gasteiger charge is 2.21. The number of fused-ring (bicyclic) bond motifs is 1. The molecule has 1 atom stereocenters. The average Bonchev–Trinajstić information content (AvgIpc) is 3.22. The molecule has 0 saturated carbocycles. The van der Waals surface area contributed by atoms with E-state index in [4.69, 9.17) is 14.2 Å². The fourth-order valence-electron chi connectivity index (χ4n) is 3.81. The first-order valence-corrected chi connectivity index (χ1v) is 10.6. The normalized spacial score (nSPS) is 17.4. The minimum Gasteiger partial charge on any atom is -0.491 e. The number of hydrogen-bond donors (Lipinski definition) is 2. The van der Waals surface area contributed by atoms with E-state index in [2.05, 4.69) is 27.2 Å². The summed E-state index contributed by atoms with van der Waals surface area (Å²) in [6, 6.07) is 13.2. The van der Waals surface area contributed by atoms with E-state index in [0.717, 1.165) is 49.9 Å². The van der Waals surface area contributed by atoms with Gasteiger partial charge in [-0.2, -0.15) is 0 Å². The zero-order valence-electron chi connectivity index (χ0n) is 17.8. The number of rotatable bonds is 8. The van der Waals surface area contributed by atoms with Crippen molar-refractivity contribution in [3.8, 4) is 17.2 Å². The van der Waals surface area contributed by atoms with E-state index >= 15 is 0 Å². The number of ether oxygens (including phenoxy) is 3. The van der Waals surface area contributed by atoms with Crippen molar-refractivity contribution in [3.63, 3.8) is 0 Å². The van der Waals surface area contributed by atoms with Gasteiger partial charge in [0.05, 0.1) is 0 Å². The second kappa shape index (κ2) is 10.00. The standard InChI is InChI=1S/C23H29N3O5/c1-17(27)24-19-3-5-21(6-4-19)29-15-20(28)14-26-10-8-25(9-11-26)13-18-2-7-22-23(12-18)31-16-30-22/h2-7,12,20,28H,8-11,13-16H2,1H3,(H,24,27). The number of hydrogen-bond acceptors (Lipinski definition) is 7. The first kappa shape index (κ1) is 21.4. The topological polar surface area (TPSA) is 83.5 Å². The number of aliphatic hydroxyl groups is 1. The third-order valence-electron chi connectivity index (χ3n) is 5.39. The van der Waals surface area contributed by atoms with E-state index in [0.29, 0.717) is 19.1 Å². The van der Waals surface area contributed by atoms with E-state index in [1.807, 2.05) is 6.07 Å². The monoisotopic (exact) mass is 427 g/mol. The van der Waals surface area contributed by atoms with Crippen LogP contribution in [0.5, 0.6) is 17.2 Å². The number of benzene rings is 2. The summed E-state index contributed by atoms with van der Waals surface area (Å²) < 4.78 is 16.5. The number of β-amino-alcohol motifs (C(OH)–C–C–N with tert-alkyl or cyclic N) is 1. The Bertz CT molecular complexity index is 881. The van der Waals surface area contributed by atoms with Crippen molar-refractivity contribution < 1.29 is 24.1 Å². The molecule has 31 heavy (non-hydrogen) atoms. The van der Waals surface area contributed by atoms with Crippen molar-refractivity contribution >= 4 is 11.6 Å². The van der Waals surface area contributed by atoms with Crippen LogP contribution < -0.4 is 19.5 Å². The SMILES string of the molecule is CC(=O)Nc1ccc(OCC(O)CN2CCN(Cc3ccc4c(c3)OCO4)CC2)cc1. The molecule has 2 aromatic rings. The highest BCUT2D eigenvalue weighted by atomic mass is 16.7. The summed E-state index contributed by atoms with van der Waals surface area (Å²) >= 11 is 0. The van der Waals surface area contributed by atoms with E-state index < -0.39 is 6.10 Å². The Kier molecular flexibility index (Phi) is 6.91. The molecule has 8 heteroatoms. The lowest BCUT2D eigenvalue weighted by molar-refractivity contribution is -0.114. The van der Waals surface area contributed by atoms with Crippen molar-refractivity contribution in [1.82, 2.24) is 9.80 Å². The number of piperazine rings is 1. The number of aliphatic hydroxyl groups excluding tert-OH is 1. The van der Waals surface area contributed by atoms with Crippen LogP contribution in [0.1, 0.15) is 12.5 Å². The molecule has 1 saturated heterocycles. The van der Waals surface area contributed by atoms with Gasteiger partial charge in [-0.15, -0.1) is 0 Å². The quantitative estimate of drug-likeness (QED) is 0.666. The lowest BCUT2D eigenvalue weighted by atomic mass is 10.1. The molecule has 8 nitrogen and oxygen atoms in total. The van der Waals surface area contributed by atoms with Crippen LogP contribution in [0, 0.1) is 0 Å². The molecule has 2 aromatic carbocycles. The van der Waals surface area contributed by atoms with Crippen LogP contribution in [-0.2, 0) is 11.3 Å². The number of amides is 1. The Labute approximate surface area is 182 Å². The summed E-state index contributed by atoms with van der Waals surface area (Å²) in [6.07, 6.45) is -0.560. The van der Waals surface area contributed by atoms with Crippen molar-refractivity contribution in [2.45, 2.75) is 19.6 Å². The highest BCUT2D eigenvalue weighted by Crippen LogP contribution is 2.32. The molecule has 2 aliphatic rings. The molecule has 1 fully saturated rings. The third kappa shape index (κ3) is 6.10. The number of carbonyl (C=O) groups is 1. The number of nitrogens with one attached hydrogen (secondary N) is 1. The lowest BCUT2D eigenvalue weighted by Crippen LogP contribution is -2.48. The van der Waals surface area contributed by atoms with Crippen LogP contribution in [0.2, 0.25) is 0 Å². The molecule has 0 bridgehead atoms. The molecule has 2 aliphatic heterocycles. The summed E-state index contributed by atoms with van der Waals surface area (Å²) in [7, 11) is 0. The fraction of sp³-hybridized carbons (Fsp3) is 0.435. The molecule has 4 rings (SSSR count). The van der Waals surface area contributed by atoms with Gasteiger partial charge in [-0.25, -0.2) is 0 Å². The van der Waals surface area contributed by atoms with Crippen LogP contribution in [0.4, 0.5) is 5.69 Å². The molecule has 1 unspecified atom stereocenters. The van der Waals surface area contributed by atoms with Crippen LogP contribution in [0.15, 0.2) is 42.5 Å². The smallest absolute Gasteiger partial charge is 0.231 e. The zero-order chi connectivity index (χ0) is 21.6. The lowest BCUT2D eigenvalue weighted by Gasteiger charge is -2.35. The van der Waals surface area contributed by atoms with Gasteiger partial charge in [-0.05, 0) is 42.0 Å². The second-order valence-corrected chi connectivity index (χ2v) is 7.93. The molecule has 166 valence electrons. The largest absolute Gasteiger partial charge is 0.491 e. The van der Waals surface area contributed by atoms with Gasteiger partial charge in [0.2, 0.25) is 12.7 Å². The van der Waals surface area contributed by atoms with Gasteiger partial charge in [0.25, 0.3) is 0 Å². The Hall–Kier alpha value is -2.81. The number of nitrogens with zero attached hydrogens (tertiary/aromatic N) is 2. The summed E-state index contributed by atoms with van der Waals surface area (Å²) in [4.78, 5) is 15.7. The predicted molar refractivity (Wildman–Crippen MR) is 117 cm³/mol. The Morgan fingerprint density at radius 1 is 1.06 bits per heavy atom. The predicted octanol–water partition coefficient (Wildman–Crippen LogP) is 1.93. The van der Waals surface area contributed by atoms with Gasteiger partial charge in [0.1, 0.15) is 18.5 Å². The van der Waals surface area contributed by atoms with Gasteiger partial charge in [-0.3, -0.25) is 14.6 Å². The molecular formula is C23H29N3O5. The van der Waals surface area contributed by atoms with Crippen molar-refractivity contribution in [3.05, 3.63) is 48.0 Å². The van der Waals surface area contributed by atoms with Crippen LogP contribution >= 0.6 is 0 Å². The zero-order valence-corrected chi connectivity index (χ0v) is 17.8. The number of carbonyl (C=O) groups excluding carboxylic acids is 1. The van der Waals surface area contributed by atoms with Crippen molar-refractivity contribution in [2.24, 2.45) is 0 Å². The van der Waals surface area contributed by atoms with E-state index in [9.17, 15) is 9.90 Å². The fourth-order valence-corrected chi connectivity index (χ4v) is 3.81. The second-order valence-electron chi connectivity index (χ2n) is 7.93. The maximum Gasteiger partial charge on any atom is 0.231 e. The maximum atomic E-state index is 11.1. The van der Waals surface area contributed by atoms with Gasteiger partial charge < -0.3 is 24.6 Å². The number of anilines is 1. The van der Waals surface area contributed by atoms with Crippen molar-refractivity contribution in [1.29, 1.82) is 0 Å². The van der Waals surface area contributed by atoms with Gasteiger partial charge >= 0.3 is 0 Å². The summed E-state index contributed by atoms with van der Waals surface area (Å²) in [5.74, 6) is 2.19. The molecular weight excluding hydrogens is 398 g/mol. The van der Waals surface area contributed by atoms with Crippen LogP contribution in [0.25, 0.3) is 0 Å². The van der Waals surface area contributed by atoms with E-state index in [1.54, 1.807) is 24.3 Å². The van der Waals surface area contributed by atoms with Crippen LogP contribution in [0.3, 0.4) is 0 Å².